The van der Waals surface area contributed by atoms with Crippen molar-refractivity contribution in [1.82, 2.24) is 121 Å². The van der Waals surface area contributed by atoms with Crippen LogP contribution in [0.15, 0.2) is 311 Å². The molecule has 15 heterocycles. The SMILES string of the molecule is c1ccc(CCNc2ccnc(Nc3ccc4[nH]ccc4c3)n2)nc1.c1ccc(CCNc2ccnc(Nc3ccc4[nH]ncc4c3)n2)nc1.c1ccc(CCNc2ccnc(Nc3ccc4cn[nH]c4c3)n2)nc1.c1ccc(CNc2ccnc(Nc3ccc4[nH]ncc4c3)n2)nc1.c1ccc(CNc2ccnc(Nc3ccc4cn[nH]c4c3)n2)nc1. The molecule has 0 spiro atoms. The molecule has 0 fully saturated rings. The van der Waals surface area contributed by atoms with Gasteiger partial charge in [0.05, 0.1) is 71.3 Å². The van der Waals surface area contributed by atoms with Gasteiger partial charge in [0.2, 0.25) is 29.7 Å². The van der Waals surface area contributed by atoms with Crippen LogP contribution in [0.2, 0.25) is 0 Å². The second-order valence-electron chi connectivity index (χ2n) is 27.3. The lowest BCUT2D eigenvalue weighted by Crippen LogP contribution is -2.08. The molecule has 123 heavy (non-hydrogen) atoms. The number of aromatic amines is 5. The summed E-state index contributed by atoms with van der Waals surface area (Å²) in [5, 5.41) is 65.7. The zero-order chi connectivity index (χ0) is 83.1. The van der Waals surface area contributed by atoms with Gasteiger partial charge in [0.15, 0.2) is 0 Å². The molecule has 0 atom stereocenters. The van der Waals surface area contributed by atoms with Gasteiger partial charge in [-0.2, -0.15) is 45.3 Å². The number of nitrogens with zero attached hydrogens (tertiary/aromatic N) is 19. The van der Waals surface area contributed by atoms with Crippen LogP contribution in [-0.2, 0) is 32.4 Å². The third-order valence-corrected chi connectivity index (χ3v) is 18.5. The maximum Gasteiger partial charge on any atom is 0.229 e. The van der Waals surface area contributed by atoms with Gasteiger partial charge in [-0.3, -0.25) is 45.3 Å². The molecule has 608 valence electrons. The average Bonchev–Trinajstić information content (AvgIpc) is 1.78. The molecule has 5 aromatic carbocycles. The van der Waals surface area contributed by atoms with Crippen molar-refractivity contribution in [2.45, 2.75) is 32.4 Å². The summed E-state index contributed by atoms with van der Waals surface area (Å²) in [6, 6.07) is 70.5. The number of nitrogens with one attached hydrogen (secondary N) is 15. The summed E-state index contributed by atoms with van der Waals surface area (Å²) in [5.74, 6) is 6.53. The van der Waals surface area contributed by atoms with Crippen molar-refractivity contribution in [2.75, 3.05) is 72.8 Å². The summed E-state index contributed by atoms with van der Waals surface area (Å²) in [5.41, 5.74) is 14.7. The molecule has 0 aliphatic carbocycles. The van der Waals surface area contributed by atoms with Crippen LogP contribution in [0.5, 0.6) is 0 Å². The maximum absolute atomic E-state index is 4.51. The molecule has 15 aromatic heterocycles. The van der Waals surface area contributed by atoms with Crippen LogP contribution in [0.1, 0.15) is 28.5 Å². The van der Waals surface area contributed by atoms with Crippen LogP contribution >= 0.6 is 0 Å². The van der Waals surface area contributed by atoms with Crippen molar-refractivity contribution in [3.05, 3.63) is 340 Å². The van der Waals surface area contributed by atoms with E-state index in [-0.39, 0.29) is 0 Å². The minimum Gasteiger partial charge on any atom is -0.370 e. The number of aromatic nitrogens is 24. The molecule has 20 aromatic rings. The summed E-state index contributed by atoms with van der Waals surface area (Å²) < 4.78 is 0. The standard InChI is InChI=1S/C19H18N6.2C18H17N7.2C17H15N7/c1-2-9-20-15(3-1)7-11-22-18-8-12-23-19(25-18)24-16-4-5-17-14(13-16)6-10-21-17;1-2-8-19-14(3-1)6-9-20-17-7-10-21-18(24-17)23-15-4-5-16-13(11-15)12-22-25-16;1-2-8-19-14(3-1)6-9-20-17-7-10-21-18(24-17)23-15-5-4-13-12-22-25-16(13)11-15;1-2-7-18-14(3-1)11-20-16-6-8-19-17(23-16)22-13-4-5-15-12(9-13)10-21-24-15;1-2-7-18-14(3-1)11-20-16-6-8-19-17(23-16)22-13-5-4-12-10-21-24-15(12)9-13/h1-6,8-10,12-13,21H,7,11H2,(H2,22,23,24,25);2*1-5,7-8,10-12H,6,9H2,(H,22,25)(H2,20,21,23,24);2*1-10H,11H2,(H,21,24)(H2,19,20,22,23). The van der Waals surface area contributed by atoms with Crippen molar-refractivity contribution in [3.63, 3.8) is 0 Å². The number of pyridine rings is 5. The Kier molecular flexibility index (Phi) is 26.5. The number of hydrogen-bond donors (Lipinski definition) is 15. The first-order chi connectivity index (χ1) is 60.8. The fourth-order valence-electron chi connectivity index (χ4n) is 12.4. The van der Waals surface area contributed by atoms with E-state index in [2.05, 4.69) is 180 Å². The lowest BCUT2D eigenvalue weighted by molar-refractivity contribution is 0.951. The summed E-state index contributed by atoms with van der Waals surface area (Å²) in [7, 11) is 0. The van der Waals surface area contributed by atoms with Gasteiger partial charge in [-0.25, -0.2) is 24.9 Å². The van der Waals surface area contributed by atoms with Gasteiger partial charge in [0, 0.05) is 185 Å². The number of H-pyrrole nitrogens is 5. The van der Waals surface area contributed by atoms with Crippen LogP contribution in [0.25, 0.3) is 54.5 Å². The summed E-state index contributed by atoms with van der Waals surface area (Å²) >= 11 is 0. The van der Waals surface area contributed by atoms with E-state index in [0.717, 1.165) is 179 Å². The Morgan fingerprint density at radius 1 is 0.228 bits per heavy atom. The quantitative estimate of drug-likeness (QED) is 0.0216. The van der Waals surface area contributed by atoms with Gasteiger partial charge in [0.25, 0.3) is 0 Å². The van der Waals surface area contributed by atoms with Gasteiger partial charge >= 0.3 is 0 Å². The number of anilines is 15. The lowest BCUT2D eigenvalue weighted by Gasteiger charge is -2.08. The fourth-order valence-corrected chi connectivity index (χ4v) is 12.4. The van der Waals surface area contributed by atoms with E-state index in [9.17, 15) is 0 Å². The Morgan fingerprint density at radius 2 is 0.528 bits per heavy atom. The molecule has 0 radical (unpaired) electrons. The number of rotatable bonds is 28. The molecular formula is C89H82N34. The third kappa shape index (κ3) is 23.7. The van der Waals surface area contributed by atoms with E-state index in [4.69, 9.17) is 0 Å². The lowest BCUT2D eigenvalue weighted by atomic mass is 10.2. The second-order valence-corrected chi connectivity index (χ2v) is 27.3. The Labute approximate surface area is 703 Å². The van der Waals surface area contributed by atoms with E-state index in [1.807, 2.05) is 225 Å². The Bertz CT molecular complexity index is 6110. The monoisotopic (exact) mass is 1630 g/mol. The van der Waals surface area contributed by atoms with E-state index in [1.165, 1.54) is 0 Å². The largest absolute Gasteiger partial charge is 0.370 e. The van der Waals surface area contributed by atoms with E-state index in [1.54, 1.807) is 80.6 Å². The first-order valence-electron chi connectivity index (χ1n) is 39.3. The van der Waals surface area contributed by atoms with Crippen molar-refractivity contribution >= 4 is 142 Å². The molecule has 0 aliphatic rings. The van der Waals surface area contributed by atoms with Crippen molar-refractivity contribution < 1.29 is 0 Å². The zero-order valence-electron chi connectivity index (χ0n) is 66.1. The van der Waals surface area contributed by atoms with Crippen molar-refractivity contribution in [1.29, 1.82) is 0 Å². The Morgan fingerprint density at radius 3 is 0.878 bits per heavy atom. The van der Waals surface area contributed by atoms with Gasteiger partial charge in [-0.15, -0.1) is 0 Å². The Hall–Kier alpha value is -17.3. The van der Waals surface area contributed by atoms with Crippen LogP contribution < -0.4 is 53.2 Å². The second kappa shape index (κ2) is 41.0. The molecule has 0 aliphatic heterocycles. The average molecular weight is 1630 g/mol. The van der Waals surface area contributed by atoms with Crippen molar-refractivity contribution in [3.8, 4) is 0 Å². The zero-order valence-corrected chi connectivity index (χ0v) is 66.1. The van der Waals surface area contributed by atoms with Crippen LogP contribution in [0, 0.1) is 0 Å². The van der Waals surface area contributed by atoms with Crippen LogP contribution in [0.4, 0.5) is 87.3 Å². The molecule has 34 nitrogen and oxygen atoms in total. The number of hydrogen-bond acceptors (Lipinski definition) is 29. The molecule has 15 N–H and O–H groups in total. The highest BCUT2D eigenvalue weighted by atomic mass is 15.2. The minimum absolute atomic E-state index is 0.528. The molecular weight excluding hydrogens is 1550 g/mol. The summed E-state index contributed by atoms with van der Waals surface area (Å²) in [6.07, 6.45) is 29.2. The topological polar surface area (TPSA) is 444 Å². The maximum atomic E-state index is 4.51. The molecule has 0 unspecified atom stereocenters. The Balaban J connectivity index is 0.000000114. The minimum atomic E-state index is 0.528. The molecule has 0 bridgehead atoms. The van der Waals surface area contributed by atoms with E-state index in [0.29, 0.717) is 42.8 Å². The van der Waals surface area contributed by atoms with Crippen LogP contribution in [0.3, 0.4) is 0 Å². The first kappa shape index (κ1) is 79.5. The van der Waals surface area contributed by atoms with Gasteiger partial charge < -0.3 is 58.2 Å². The number of benzene rings is 5. The molecule has 0 saturated carbocycles. The predicted octanol–water partition coefficient (Wildman–Crippen LogP) is 16.3. The summed E-state index contributed by atoms with van der Waals surface area (Å²) in [6.45, 7) is 3.50. The fraction of sp³-hybridized carbons (Fsp3) is 0.0899. The van der Waals surface area contributed by atoms with Gasteiger partial charge in [-0.1, -0.05) is 30.3 Å². The molecule has 0 saturated heterocycles. The van der Waals surface area contributed by atoms with Gasteiger partial charge in [0.1, 0.15) is 29.1 Å². The summed E-state index contributed by atoms with van der Waals surface area (Å²) in [4.78, 5) is 68.4. The predicted molar refractivity (Wildman–Crippen MR) is 482 cm³/mol. The third-order valence-electron chi connectivity index (χ3n) is 18.5. The van der Waals surface area contributed by atoms with Crippen LogP contribution in [-0.4, -0.2) is 140 Å². The molecule has 0 amide bonds. The smallest absolute Gasteiger partial charge is 0.229 e. The molecule has 34 heteroatoms. The van der Waals surface area contributed by atoms with E-state index < -0.39 is 0 Å². The normalized spacial score (nSPS) is 10.7. The highest BCUT2D eigenvalue weighted by molar-refractivity contribution is 5.86. The van der Waals surface area contributed by atoms with Gasteiger partial charge in [-0.05, 0) is 188 Å². The highest BCUT2D eigenvalue weighted by Crippen LogP contribution is 2.26. The first-order valence-corrected chi connectivity index (χ1v) is 39.3. The molecule has 20 rings (SSSR count). The highest BCUT2D eigenvalue weighted by Gasteiger charge is 2.11. The van der Waals surface area contributed by atoms with E-state index >= 15 is 0 Å². The van der Waals surface area contributed by atoms with Crippen molar-refractivity contribution in [2.24, 2.45) is 0 Å². The number of fused-ring (bicyclic) bond motifs is 5.